The lowest BCUT2D eigenvalue weighted by Crippen LogP contribution is -2.59. The minimum absolute atomic E-state index is 0.0295. The molecule has 2 aliphatic rings. The lowest BCUT2D eigenvalue weighted by molar-refractivity contribution is -0.138. The number of hydrogen-bond acceptors (Lipinski definition) is 4. The molecule has 0 aromatic heterocycles. The van der Waals surface area contributed by atoms with Crippen molar-refractivity contribution in [2.24, 2.45) is 0 Å². The van der Waals surface area contributed by atoms with E-state index in [4.69, 9.17) is 5.11 Å². The highest BCUT2D eigenvalue weighted by Crippen LogP contribution is 2.35. The Balaban J connectivity index is 1.74. The predicted octanol–water partition coefficient (Wildman–Crippen LogP) is -0.117. The zero-order valence-electron chi connectivity index (χ0n) is 13.0. The molecule has 1 heterocycles. The molecule has 7 nitrogen and oxygen atoms in total. The third-order valence-electron chi connectivity index (χ3n) is 4.82. The van der Waals surface area contributed by atoms with Gasteiger partial charge in [0.15, 0.2) is 0 Å². The molecule has 0 spiro atoms. The molecule has 0 atom stereocenters. The van der Waals surface area contributed by atoms with E-state index in [1.54, 1.807) is 4.90 Å². The average molecular weight is 298 g/mol. The first-order chi connectivity index (χ1) is 9.93. The van der Waals surface area contributed by atoms with Gasteiger partial charge in [0, 0.05) is 38.3 Å². The summed E-state index contributed by atoms with van der Waals surface area (Å²) >= 11 is 0. The maximum atomic E-state index is 12.2. The zero-order valence-corrected chi connectivity index (χ0v) is 13.0. The Kier molecular flexibility index (Phi) is 5.05. The zero-order chi connectivity index (χ0) is 15.5. The molecule has 1 aliphatic heterocycles. The number of hydrogen-bond donors (Lipinski definition) is 2. The van der Waals surface area contributed by atoms with Gasteiger partial charge in [-0.25, -0.2) is 4.79 Å². The monoisotopic (exact) mass is 298 g/mol. The van der Waals surface area contributed by atoms with Crippen LogP contribution in [-0.2, 0) is 4.79 Å². The van der Waals surface area contributed by atoms with Crippen molar-refractivity contribution in [2.75, 3.05) is 53.4 Å². The number of nitrogens with zero attached hydrogens (tertiary/aromatic N) is 3. The molecule has 2 amide bonds. The fourth-order valence-electron chi connectivity index (χ4n) is 3.02. The number of aliphatic carboxylic acids is 1. The van der Waals surface area contributed by atoms with Crippen LogP contribution in [0.15, 0.2) is 0 Å². The Morgan fingerprint density at radius 3 is 2.24 bits per heavy atom. The Morgan fingerprint density at radius 2 is 1.81 bits per heavy atom. The largest absolute Gasteiger partial charge is 0.480 e. The summed E-state index contributed by atoms with van der Waals surface area (Å²) in [5.41, 5.74) is 0.126. The second kappa shape index (κ2) is 6.62. The van der Waals surface area contributed by atoms with Gasteiger partial charge in [0.05, 0.1) is 6.54 Å². The van der Waals surface area contributed by atoms with Crippen molar-refractivity contribution in [2.45, 2.75) is 24.8 Å². The molecule has 0 aromatic rings. The fraction of sp³-hybridized carbons (Fsp3) is 0.857. The van der Waals surface area contributed by atoms with E-state index >= 15 is 0 Å². The van der Waals surface area contributed by atoms with Crippen molar-refractivity contribution < 1.29 is 14.7 Å². The number of nitrogens with one attached hydrogen (secondary N) is 1. The summed E-state index contributed by atoms with van der Waals surface area (Å²) < 4.78 is 0. The van der Waals surface area contributed by atoms with Crippen molar-refractivity contribution in [3.05, 3.63) is 0 Å². The Labute approximate surface area is 125 Å². The average Bonchev–Trinajstić information content (AvgIpc) is 2.37. The van der Waals surface area contributed by atoms with E-state index in [1.807, 2.05) is 4.90 Å². The summed E-state index contributed by atoms with van der Waals surface area (Å²) in [6.07, 6.45) is 3.49. The molecule has 0 bridgehead atoms. The number of carbonyl (C=O) groups excluding carboxylic acids is 1. The molecular formula is C14H26N4O3. The molecule has 2 fully saturated rings. The molecule has 21 heavy (non-hydrogen) atoms. The Morgan fingerprint density at radius 1 is 1.19 bits per heavy atom. The number of rotatable bonds is 5. The smallest absolute Gasteiger partial charge is 0.317 e. The van der Waals surface area contributed by atoms with Crippen LogP contribution in [0.3, 0.4) is 0 Å². The number of likely N-dealkylation sites (N-methyl/N-ethyl adjacent to an activating group) is 1. The third-order valence-corrected chi connectivity index (χ3v) is 4.82. The van der Waals surface area contributed by atoms with E-state index in [-0.39, 0.29) is 18.1 Å². The van der Waals surface area contributed by atoms with Crippen LogP contribution in [0.25, 0.3) is 0 Å². The van der Waals surface area contributed by atoms with Crippen LogP contribution in [0, 0.1) is 0 Å². The van der Waals surface area contributed by atoms with Gasteiger partial charge in [-0.2, -0.15) is 0 Å². The highest BCUT2D eigenvalue weighted by molar-refractivity contribution is 5.74. The van der Waals surface area contributed by atoms with Crippen LogP contribution in [0.5, 0.6) is 0 Å². The number of carbonyl (C=O) groups is 2. The highest BCUT2D eigenvalue weighted by Gasteiger charge is 2.39. The summed E-state index contributed by atoms with van der Waals surface area (Å²) in [6.45, 7) is 3.17. The first-order valence-electron chi connectivity index (χ1n) is 7.57. The van der Waals surface area contributed by atoms with Crippen molar-refractivity contribution in [1.29, 1.82) is 0 Å². The fourth-order valence-corrected chi connectivity index (χ4v) is 3.02. The van der Waals surface area contributed by atoms with E-state index in [0.717, 1.165) is 12.8 Å². The first-order valence-corrected chi connectivity index (χ1v) is 7.57. The number of piperazine rings is 1. The maximum Gasteiger partial charge on any atom is 0.317 e. The van der Waals surface area contributed by atoms with E-state index in [1.165, 1.54) is 6.42 Å². The molecule has 120 valence electrons. The highest BCUT2D eigenvalue weighted by atomic mass is 16.4. The summed E-state index contributed by atoms with van der Waals surface area (Å²) in [7, 11) is 4.13. The molecular weight excluding hydrogens is 272 g/mol. The first kappa shape index (κ1) is 16.0. The maximum absolute atomic E-state index is 12.2. The number of carboxylic acid groups (broad SMARTS) is 1. The van der Waals surface area contributed by atoms with Crippen LogP contribution in [0.4, 0.5) is 4.79 Å². The minimum atomic E-state index is -0.814. The number of urea groups is 1. The van der Waals surface area contributed by atoms with Gasteiger partial charge in [0.25, 0.3) is 0 Å². The normalized spacial score (nSPS) is 22.0. The molecule has 1 saturated heterocycles. The minimum Gasteiger partial charge on any atom is -0.480 e. The van der Waals surface area contributed by atoms with Crippen molar-refractivity contribution in [1.82, 2.24) is 20.0 Å². The topological polar surface area (TPSA) is 76.1 Å². The molecule has 0 unspecified atom stereocenters. The van der Waals surface area contributed by atoms with Crippen LogP contribution in [0.2, 0.25) is 0 Å². The molecule has 7 heteroatoms. The molecule has 1 saturated carbocycles. The van der Waals surface area contributed by atoms with Crippen molar-refractivity contribution >= 4 is 12.0 Å². The third kappa shape index (κ3) is 3.85. The quantitative estimate of drug-likeness (QED) is 0.740. The lowest BCUT2D eigenvalue weighted by atomic mass is 9.75. The summed E-state index contributed by atoms with van der Waals surface area (Å²) in [5.74, 6) is -0.814. The van der Waals surface area contributed by atoms with E-state index in [2.05, 4.69) is 24.3 Å². The van der Waals surface area contributed by atoms with Crippen LogP contribution >= 0.6 is 0 Å². The van der Waals surface area contributed by atoms with E-state index in [9.17, 15) is 9.59 Å². The Bertz CT molecular complexity index is 388. The van der Waals surface area contributed by atoms with Gasteiger partial charge >= 0.3 is 12.0 Å². The second-order valence-corrected chi connectivity index (χ2v) is 6.29. The Hall–Kier alpha value is -1.34. The summed E-state index contributed by atoms with van der Waals surface area (Å²) in [6, 6.07) is -0.0295. The molecule has 0 radical (unpaired) electrons. The van der Waals surface area contributed by atoms with Gasteiger partial charge in [0.1, 0.15) is 0 Å². The molecule has 2 N–H and O–H groups in total. The van der Waals surface area contributed by atoms with E-state index in [0.29, 0.717) is 32.7 Å². The SMILES string of the molecule is CN(C)C1(CNC(=O)N2CCN(CC(=O)O)CC2)CCC1. The van der Waals surface area contributed by atoms with Crippen LogP contribution < -0.4 is 5.32 Å². The number of carboxylic acids is 1. The molecule has 2 rings (SSSR count). The standard InChI is InChI=1S/C14H26N4O3/c1-16(2)14(4-3-5-14)11-15-13(21)18-8-6-17(7-9-18)10-12(19)20/h3-11H2,1-2H3,(H,15,21)(H,19,20). The van der Waals surface area contributed by atoms with Gasteiger partial charge in [0.2, 0.25) is 0 Å². The van der Waals surface area contributed by atoms with Gasteiger partial charge in [-0.05, 0) is 33.4 Å². The van der Waals surface area contributed by atoms with Gasteiger partial charge in [-0.1, -0.05) is 0 Å². The van der Waals surface area contributed by atoms with E-state index < -0.39 is 5.97 Å². The van der Waals surface area contributed by atoms with Crippen LogP contribution in [0.1, 0.15) is 19.3 Å². The molecule has 1 aliphatic carbocycles. The van der Waals surface area contributed by atoms with Crippen molar-refractivity contribution in [3.8, 4) is 0 Å². The second-order valence-electron chi connectivity index (χ2n) is 6.29. The molecule has 0 aromatic carbocycles. The number of amides is 2. The van der Waals surface area contributed by atoms with Crippen molar-refractivity contribution in [3.63, 3.8) is 0 Å². The predicted molar refractivity (Wildman–Crippen MR) is 79.3 cm³/mol. The van der Waals surface area contributed by atoms with Gasteiger partial charge in [-0.3, -0.25) is 9.69 Å². The lowest BCUT2D eigenvalue weighted by Gasteiger charge is -2.47. The summed E-state index contributed by atoms with van der Waals surface area (Å²) in [5, 5.41) is 11.8. The van der Waals surface area contributed by atoms with Gasteiger partial charge in [-0.15, -0.1) is 0 Å². The van der Waals surface area contributed by atoms with Gasteiger partial charge < -0.3 is 20.2 Å². The van der Waals surface area contributed by atoms with Crippen LogP contribution in [-0.4, -0.2) is 90.7 Å². The summed E-state index contributed by atoms with van der Waals surface area (Å²) in [4.78, 5) is 28.7.